The molecule has 1 unspecified atom stereocenters. The number of carboxylic acid groups (broad SMARTS) is 1. The van der Waals surface area contributed by atoms with Crippen LogP contribution in [-0.4, -0.2) is 69.5 Å². The fourth-order valence-electron chi connectivity index (χ4n) is 3.59. The molecule has 176 valence electrons. The number of likely N-dealkylation sites (N-methyl/N-ethyl adjacent to an activating group) is 1. The molecular formula is C21H34FN3O5S. The molecule has 0 aliphatic carbocycles. The molecule has 0 radical (unpaired) electrons. The Bertz CT molecular complexity index is 821. The number of ether oxygens (including phenoxy) is 1. The Labute approximate surface area is 184 Å². The van der Waals surface area contributed by atoms with Crippen LogP contribution in [0.25, 0.3) is 0 Å². The third kappa shape index (κ3) is 9.10. The summed E-state index contributed by atoms with van der Waals surface area (Å²) in [5.74, 6) is -1.26. The van der Waals surface area contributed by atoms with Crippen LogP contribution in [0, 0.1) is 5.82 Å². The van der Waals surface area contributed by atoms with E-state index in [2.05, 4.69) is 14.9 Å². The fourth-order valence-corrected chi connectivity index (χ4v) is 4.96. The van der Waals surface area contributed by atoms with Gasteiger partial charge in [-0.1, -0.05) is 12.5 Å². The van der Waals surface area contributed by atoms with Crippen LogP contribution in [0.2, 0.25) is 0 Å². The van der Waals surface area contributed by atoms with Crippen molar-refractivity contribution in [3.63, 3.8) is 0 Å². The van der Waals surface area contributed by atoms with Gasteiger partial charge in [-0.05, 0) is 70.4 Å². The van der Waals surface area contributed by atoms with E-state index in [9.17, 15) is 17.6 Å². The van der Waals surface area contributed by atoms with E-state index in [0.29, 0.717) is 38.0 Å². The summed E-state index contributed by atoms with van der Waals surface area (Å²) in [5, 5.41) is 11.3. The quantitative estimate of drug-likeness (QED) is 0.366. The predicted molar refractivity (Wildman–Crippen MR) is 117 cm³/mol. The van der Waals surface area contributed by atoms with Crippen molar-refractivity contribution in [2.75, 3.05) is 39.0 Å². The van der Waals surface area contributed by atoms with Crippen molar-refractivity contribution in [3.05, 3.63) is 29.6 Å². The molecule has 0 spiro atoms. The lowest BCUT2D eigenvalue weighted by molar-refractivity contribution is -0.135. The Morgan fingerprint density at radius 1 is 1.35 bits per heavy atom. The third-order valence-corrected chi connectivity index (χ3v) is 7.00. The number of carboxylic acids is 1. The monoisotopic (exact) mass is 459 g/mol. The van der Waals surface area contributed by atoms with Crippen molar-refractivity contribution in [3.8, 4) is 5.75 Å². The number of carbonyl (C=O) groups is 1. The molecule has 10 heteroatoms. The molecule has 1 aromatic carbocycles. The molecule has 1 heterocycles. The number of nitrogens with one attached hydrogen (secondary N) is 2. The highest BCUT2D eigenvalue weighted by Gasteiger charge is 2.22. The average Bonchev–Trinajstić information content (AvgIpc) is 3.10. The molecule has 0 amide bonds. The van der Waals surface area contributed by atoms with Gasteiger partial charge in [-0.15, -0.1) is 0 Å². The predicted octanol–water partition coefficient (Wildman–Crippen LogP) is 2.12. The van der Waals surface area contributed by atoms with Crippen LogP contribution in [0.3, 0.4) is 0 Å². The van der Waals surface area contributed by atoms with Gasteiger partial charge in [-0.3, -0.25) is 4.79 Å². The normalized spacial score (nSPS) is 18.2. The summed E-state index contributed by atoms with van der Waals surface area (Å²) in [6.45, 7) is 3.56. The first-order valence-corrected chi connectivity index (χ1v) is 12.4. The Morgan fingerprint density at radius 2 is 2.13 bits per heavy atom. The number of unbranched alkanes of at least 4 members (excludes halogenated alkanes) is 2. The van der Waals surface area contributed by atoms with Gasteiger partial charge < -0.3 is 20.1 Å². The van der Waals surface area contributed by atoms with Gasteiger partial charge in [0.15, 0.2) is 11.6 Å². The molecule has 0 bridgehead atoms. The van der Waals surface area contributed by atoms with Gasteiger partial charge >= 0.3 is 5.97 Å². The van der Waals surface area contributed by atoms with Crippen LogP contribution >= 0.6 is 0 Å². The Kier molecular flexibility index (Phi) is 10.1. The topological polar surface area (TPSA) is 108 Å². The Hall–Kier alpha value is -1.75. The van der Waals surface area contributed by atoms with Crippen molar-refractivity contribution >= 4 is 16.0 Å². The minimum atomic E-state index is -3.50. The van der Waals surface area contributed by atoms with Gasteiger partial charge in [0.1, 0.15) is 6.61 Å². The first kappa shape index (κ1) is 25.5. The van der Waals surface area contributed by atoms with Gasteiger partial charge in [0.2, 0.25) is 10.0 Å². The smallest absolute Gasteiger partial charge is 0.317 e. The van der Waals surface area contributed by atoms with Gasteiger partial charge in [-0.2, -0.15) is 0 Å². The summed E-state index contributed by atoms with van der Waals surface area (Å²) in [6.07, 6.45) is 3.97. The van der Waals surface area contributed by atoms with Crippen molar-refractivity contribution in [1.82, 2.24) is 14.9 Å². The summed E-state index contributed by atoms with van der Waals surface area (Å²) < 4.78 is 47.2. The lowest BCUT2D eigenvalue weighted by Crippen LogP contribution is -2.31. The van der Waals surface area contributed by atoms with Crippen molar-refractivity contribution in [2.45, 2.75) is 51.1 Å². The number of benzene rings is 1. The van der Waals surface area contributed by atoms with Gasteiger partial charge in [0.25, 0.3) is 0 Å². The van der Waals surface area contributed by atoms with E-state index < -0.39 is 27.9 Å². The van der Waals surface area contributed by atoms with Gasteiger partial charge in [-0.25, -0.2) is 17.5 Å². The molecule has 2 rings (SSSR count). The van der Waals surface area contributed by atoms with E-state index in [-0.39, 0.29) is 24.1 Å². The van der Waals surface area contributed by atoms with Crippen LogP contribution in [0.1, 0.15) is 50.6 Å². The number of hydrogen-bond donors (Lipinski definition) is 3. The second-order valence-electron chi connectivity index (χ2n) is 8.07. The minimum absolute atomic E-state index is 0.0190. The largest absolute Gasteiger partial charge is 0.489 e. The van der Waals surface area contributed by atoms with Gasteiger partial charge in [0.05, 0.1) is 12.3 Å². The molecule has 0 aromatic heterocycles. The molecule has 3 N–H and O–H groups in total. The van der Waals surface area contributed by atoms with Crippen LogP contribution in [0.5, 0.6) is 5.75 Å². The zero-order valence-electron chi connectivity index (χ0n) is 18.3. The first-order valence-electron chi connectivity index (χ1n) is 10.7. The lowest BCUT2D eigenvalue weighted by Gasteiger charge is -2.21. The summed E-state index contributed by atoms with van der Waals surface area (Å²) in [4.78, 5) is 12.6. The average molecular weight is 460 g/mol. The number of rotatable bonds is 14. The molecule has 1 aliphatic heterocycles. The van der Waals surface area contributed by atoms with Crippen LogP contribution in [-0.2, 0) is 14.8 Å². The van der Waals surface area contributed by atoms with Crippen LogP contribution in [0.4, 0.5) is 4.39 Å². The van der Waals surface area contributed by atoms with E-state index in [1.807, 2.05) is 7.05 Å². The number of aliphatic carboxylic acids is 1. The van der Waals surface area contributed by atoms with Crippen LogP contribution in [0.15, 0.2) is 18.2 Å². The molecular weight excluding hydrogens is 425 g/mol. The lowest BCUT2D eigenvalue weighted by atomic mass is 10.1. The summed E-state index contributed by atoms with van der Waals surface area (Å²) in [5.41, 5.74) is 0.637. The Morgan fingerprint density at radius 3 is 2.81 bits per heavy atom. The van der Waals surface area contributed by atoms with E-state index in [4.69, 9.17) is 9.84 Å². The summed E-state index contributed by atoms with van der Waals surface area (Å²) in [6, 6.07) is 4.17. The zero-order chi connectivity index (χ0) is 22.9. The molecule has 1 fully saturated rings. The molecule has 1 aliphatic rings. The van der Waals surface area contributed by atoms with E-state index in [1.165, 1.54) is 6.07 Å². The second-order valence-corrected chi connectivity index (χ2v) is 9.94. The van der Waals surface area contributed by atoms with Crippen LogP contribution < -0.4 is 14.8 Å². The zero-order valence-corrected chi connectivity index (χ0v) is 19.1. The number of halogens is 1. The fraction of sp³-hybridized carbons (Fsp3) is 0.667. The molecule has 1 saturated heterocycles. The maximum atomic E-state index is 14.2. The van der Waals surface area contributed by atoms with Crippen molar-refractivity contribution in [2.24, 2.45) is 0 Å². The molecule has 8 nitrogen and oxygen atoms in total. The summed E-state index contributed by atoms with van der Waals surface area (Å²) in [7, 11) is -1.47. The number of sulfonamides is 1. The van der Waals surface area contributed by atoms with E-state index >= 15 is 0 Å². The number of likely N-dealkylation sites (tertiary alicyclic amines) is 1. The molecule has 2 atom stereocenters. The first-order chi connectivity index (χ1) is 14.7. The number of hydrogen-bond acceptors (Lipinski definition) is 6. The van der Waals surface area contributed by atoms with Crippen molar-refractivity contribution in [1.29, 1.82) is 0 Å². The van der Waals surface area contributed by atoms with Gasteiger partial charge in [0, 0.05) is 12.1 Å². The molecule has 31 heavy (non-hydrogen) atoms. The minimum Gasteiger partial charge on any atom is -0.489 e. The maximum Gasteiger partial charge on any atom is 0.317 e. The highest BCUT2D eigenvalue weighted by atomic mass is 32.2. The van der Waals surface area contributed by atoms with E-state index in [1.54, 1.807) is 19.1 Å². The molecule has 1 aromatic rings. The van der Waals surface area contributed by atoms with Crippen molar-refractivity contribution < 1.29 is 27.4 Å². The third-order valence-electron chi connectivity index (χ3n) is 5.46. The SMILES string of the molecule is CC(NS(=O)(=O)CCCCCNCC(=O)O)c1ccc(F)c(OC[C@@H]2CCCN2C)c1. The summed E-state index contributed by atoms with van der Waals surface area (Å²) >= 11 is 0. The molecule has 0 saturated carbocycles. The second kappa shape index (κ2) is 12.3. The highest BCUT2D eigenvalue weighted by molar-refractivity contribution is 7.89. The Balaban J connectivity index is 1.80. The maximum absolute atomic E-state index is 14.2. The number of nitrogens with zero attached hydrogens (tertiary/aromatic N) is 1. The highest BCUT2D eigenvalue weighted by Crippen LogP contribution is 2.25. The standard InChI is InChI=1S/C21H34FN3O5S/c1-16(24-31(28,29)12-5-3-4-10-23-14-21(26)27)17-8-9-19(22)20(13-17)30-15-18-7-6-11-25(18)2/h8-9,13,16,18,23-24H,3-7,10-12,14-15H2,1-2H3,(H,26,27)/t16?,18-/m0/s1. The van der Waals surface area contributed by atoms with E-state index in [0.717, 1.165) is 19.4 Å².